The van der Waals surface area contributed by atoms with Gasteiger partial charge in [-0.3, -0.25) is 4.99 Å². The molecule has 2 aromatic carbocycles. The molecule has 0 aromatic heterocycles. The zero-order valence-electron chi connectivity index (χ0n) is 10.5. The summed E-state index contributed by atoms with van der Waals surface area (Å²) in [6, 6.07) is 15.0. The van der Waals surface area contributed by atoms with E-state index in [-0.39, 0.29) is 5.75 Å². The lowest BCUT2D eigenvalue weighted by Crippen LogP contribution is -2.08. The molecule has 0 bridgehead atoms. The molecule has 0 radical (unpaired) electrons. The molecule has 2 rings (SSSR count). The number of aliphatic imine (C=N–C) groups is 1. The molecule has 0 unspecified atom stereocenters. The smallest absolute Gasteiger partial charge is 0.115 e. The normalized spacial score (nSPS) is 10.8. The highest BCUT2D eigenvalue weighted by molar-refractivity contribution is 5.82. The number of rotatable bonds is 3. The number of phenolic OH excluding ortho intramolecular Hbond substituents is 1. The lowest BCUT2D eigenvalue weighted by atomic mass is 10.2. The van der Waals surface area contributed by atoms with Gasteiger partial charge in [-0.2, -0.15) is 0 Å². The summed E-state index contributed by atoms with van der Waals surface area (Å²) >= 11 is 0. The van der Waals surface area contributed by atoms with Gasteiger partial charge in [-0.05, 0) is 42.0 Å². The molecule has 3 heteroatoms. The van der Waals surface area contributed by atoms with E-state index in [1.54, 1.807) is 24.3 Å². The van der Waals surface area contributed by atoms with Crippen LogP contribution in [0.3, 0.4) is 0 Å². The summed E-state index contributed by atoms with van der Waals surface area (Å²) < 4.78 is 0. The molecule has 0 aliphatic carbocycles. The maximum Gasteiger partial charge on any atom is 0.115 e. The van der Waals surface area contributed by atoms with Crippen LogP contribution in [0.1, 0.15) is 5.56 Å². The van der Waals surface area contributed by atoms with E-state index in [2.05, 4.69) is 22.0 Å². The van der Waals surface area contributed by atoms with Gasteiger partial charge in [0.25, 0.3) is 0 Å². The molecule has 92 valence electrons. The van der Waals surface area contributed by atoms with Crippen molar-refractivity contribution in [1.29, 1.82) is 0 Å². The fraction of sp³-hybridized carbons (Fsp3) is 0.133. The third kappa shape index (κ3) is 3.10. The summed E-state index contributed by atoms with van der Waals surface area (Å²) in [6.07, 6.45) is 1.81. The van der Waals surface area contributed by atoms with Crippen molar-refractivity contribution < 1.29 is 5.11 Å². The number of hydrogen-bond acceptors (Lipinski definition) is 3. The minimum Gasteiger partial charge on any atom is -0.508 e. The van der Waals surface area contributed by atoms with Crippen molar-refractivity contribution in [2.75, 3.05) is 19.0 Å². The average Bonchev–Trinajstić information content (AvgIpc) is 2.38. The Morgan fingerprint density at radius 3 is 2.11 bits per heavy atom. The van der Waals surface area contributed by atoms with Gasteiger partial charge in [-0.15, -0.1) is 0 Å². The van der Waals surface area contributed by atoms with Crippen LogP contribution in [0.15, 0.2) is 53.5 Å². The van der Waals surface area contributed by atoms with E-state index in [0.29, 0.717) is 0 Å². The number of phenols is 1. The van der Waals surface area contributed by atoms with Gasteiger partial charge in [0.15, 0.2) is 0 Å². The average molecular weight is 240 g/mol. The monoisotopic (exact) mass is 240 g/mol. The first-order valence-corrected chi connectivity index (χ1v) is 5.75. The van der Waals surface area contributed by atoms with Crippen molar-refractivity contribution in [2.45, 2.75) is 0 Å². The SMILES string of the molecule is CN(C)c1ccc(/C=N/c2ccc(O)cc2)cc1. The van der Waals surface area contributed by atoms with Crippen LogP contribution in [0, 0.1) is 0 Å². The molecular formula is C15H16N2O. The van der Waals surface area contributed by atoms with Gasteiger partial charge in [0, 0.05) is 26.0 Å². The van der Waals surface area contributed by atoms with Gasteiger partial charge in [0.05, 0.1) is 5.69 Å². The highest BCUT2D eigenvalue weighted by Gasteiger charge is 1.94. The van der Waals surface area contributed by atoms with Gasteiger partial charge in [0.1, 0.15) is 5.75 Å². The molecule has 0 amide bonds. The lowest BCUT2D eigenvalue weighted by molar-refractivity contribution is 0.475. The van der Waals surface area contributed by atoms with E-state index in [0.717, 1.165) is 16.9 Å². The highest BCUT2D eigenvalue weighted by Crippen LogP contribution is 2.17. The van der Waals surface area contributed by atoms with Crippen molar-refractivity contribution in [3.05, 3.63) is 54.1 Å². The van der Waals surface area contributed by atoms with Crippen molar-refractivity contribution in [3.8, 4) is 5.75 Å². The summed E-state index contributed by atoms with van der Waals surface area (Å²) in [5.41, 5.74) is 3.04. The molecule has 0 saturated heterocycles. The predicted molar refractivity (Wildman–Crippen MR) is 76.1 cm³/mol. The van der Waals surface area contributed by atoms with Gasteiger partial charge in [-0.1, -0.05) is 12.1 Å². The molecule has 3 nitrogen and oxygen atoms in total. The Morgan fingerprint density at radius 2 is 1.56 bits per heavy atom. The molecule has 0 heterocycles. The van der Waals surface area contributed by atoms with E-state index in [4.69, 9.17) is 5.11 Å². The van der Waals surface area contributed by atoms with Crippen molar-refractivity contribution in [1.82, 2.24) is 0 Å². The molecule has 0 spiro atoms. The summed E-state index contributed by atoms with van der Waals surface area (Å²) in [5, 5.41) is 9.17. The molecule has 18 heavy (non-hydrogen) atoms. The summed E-state index contributed by atoms with van der Waals surface area (Å²) in [7, 11) is 4.03. The van der Waals surface area contributed by atoms with Crippen LogP contribution in [0.5, 0.6) is 5.75 Å². The Bertz CT molecular complexity index is 527. The largest absolute Gasteiger partial charge is 0.508 e. The number of hydrogen-bond donors (Lipinski definition) is 1. The summed E-state index contributed by atoms with van der Waals surface area (Å²) in [5.74, 6) is 0.254. The summed E-state index contributed by atoms with van der Waals surface area (Å²) in [4.78, 5) is 6.40. The highest BCUT2D eigenvalue weighted by atomic mass is 16.3. The number of benzene rings is 2. The molecule has 0 fully saturated rings. The second-order valence-electron chi connectivity index (χ2n) is 4.26. The topological polar surface area (TPSA) is 35.8 Å². The van der Waals surface area contributed by atoms with E-state index >= 15 is 0 Å². The Labute approximate surface area is 107 Å². The minimum absolute atomic E-state index is 0.254. The Hall–Kier alpha value is -2.29. The maximum absolute atomic E-state index is 9.17. The standard InChI is InChI=1S/C15H16N2O/c1-17(2)14-7-3-12(4-8-14)11-16-13-5-9-15(18)10-6-13/h3-11,18H,1-2H3/b16-11+. The second kappa shape index (κ2) is 5.36. The molecule has 0 saturated carbocycles. The number of anilines is 1. The van der Waals surface area contributed by atoms with Crippen LogP contribution < -0.4 is 4.90 Å². The minimum atomic E-state index is 0.254. The maximum atomic E-state index is 9.17. The Morgan fingerprint density at radius 1 is 0.944 bits per heavy atom. The fourth-order valence-corrected chi connectivity index (χ4v) is 1.55. The summed E-state index contributed by atoms with van der Waals surface area (Å²) in [6.45, 7) is 0. The molecule has 0 atom stereocenters. The van der Waals surface area contributed by atoms with Gasteiger partial charge >= 0.3 is 0 Å². The van der Waals surface area contributed by atoms with Crippen LogP contribution in [-0.2, 0) is 0 Å². The molecule has 2 aromatic rings. The first-order chi connectivity index (χ1) is 8.65. The zero-order chi connectivity index (χ0) is 13.0. The lowest BCUT2D eigenvalue weighted by Gasteiger charge is -2.11. The third-order valence-corrected chi connectivity index (χ3v) is 2.62. The third-order valence-electron chi connectivity index (χ3n) is 2.62. The van der Waals surface area contributed by atoms with E-state index in [1.165, 1.54) is 0 Å². The first kappa shape index (κ1) is 12.2. The molecule has 0 aliphatic heterocycles. The van der Waals surface area contributed by atoms with Crippen LogP contribution in [0.4, 0.5) is 11.4 Å². The Balaban J connectivity index is 2.11. The van der Waals surface area contributed by atoms with Crippen LogP contribution in [-0.4, -0.2) is 25.4 Å². The van der Waals surface area contributed by atoms with Crippen LogP contribution in [0.25, 0.3) is 0 Å². The first-order valence-electron chi connectivity index (χ1n) is 5.75. The van der Waals surface area contributed by atoms with E-state index in [9.17, 15) is 0 Å². The van der Waals surface area contributed by atoms with Gasteiger partial charge in [0.2, 0.25) is 0 Å². The van der Waals surface area contributed by atoms with Gasteiger partial charge in [-0.25, -0.2) is 0 Å². The predicted octanol–water partition coefficient (Wildman–Crippen LogP) is 3.21. The molecule has 0 aliphatic rings. The van der Waals surface area contributed by atoms with Crippen molar-refractivity contribution in [3.63, 3.8) is 0 Å². The van der Waals surface area contributed by atoms with Crippen molar-refractivity contribution >= 4 is 17.6 Å². The zero-order valence-corrected chi connectivity index (χ0v) is 10.5. The number of aromatic hydroxyl groups is 1. The second-order valence-corrected chi connectivity index (χ2v) is 4.26. The Kier molecular flexibility index (Phi) is 3.63. The van der Waals surface area contributed by atoms with E-state index in [1.807, 2.05) is 32.4 Å². The molecular weight excluding hydrogens is 224 g/mol. The van der Waals surface area contributed by atoms with Gasteiger partial charge < -0.3 is 10.0 Å². The van der Waals surface area contributed by atoms with Crippen LogP contribution in [0.2, 0.25) is 0 Å². The fourth-order valence-electron chi connectivity index (χ4n) is 1.55. The van der Waals surface area contributed by atoms with E-state index < -0.39 is 0 Å². The molecule has 1 N–H and O–H groups in total. The van der Waals surface area contributed by atoms with Crippen LogP contribution >= 0.6 is 0 Å². The van der Waals surface area contributed by atoms with Crippen molar-refractivity contribution in [2.24, 2.45) is 4.99 Å². The quantitative estimate of drug-likeness (QED) is 0.836. The number of nitrogens with zero attached hydrogens (tertiary/aromatic N) is 2.